The molecule has 2 aromatic rings. The van der Waals surface area contributed by atoms with E-state index in [0.29, 0.717) is 19.4 Å². The molecule has 4 fully saturated rings. The zero-order valence-electron chi connectivity index (χ0n) is 33.5. The molecule has 0 amide bonds. The van der Waals surface area contributed by atoms with E-state index in [4.69, 9.17) is 4.74 Å². The van der Waals surface area contributed by atoms with E-state index >= 15 is 0 Å². The lowest BCUT2D eigenvalue weighted by Gasteiger charge is -2.71. The van der Waals surface area contributed by atoms with Crippen LogP contribution in [0.4, 0.5) is 13.2 Å². The van der Waals surface area contributed by atoms with Gasteiger partial charge in [-0.05, 0) is 98.3 Å². The zero-order valence-corrected chi connectivity index (χ0v) is 33.5. The number of Topliss-reactive ketones (excluding diaryl/α,β-unsaturated/α-hetero) is 1. The summed E-state index contributed by atoms with van der Waals surface area (Å²) >= 11 is 0. The minimum Gasteiger partial charge on any atom is -0.406 e. The van der Waals surface area contributed by atoms with Crippen molar-refractivity contribution in [3.05, 3.63) is 89.5 Å². The van der Waals surface area contributed by atoms with Gasteiger partial charge in [0, 0.05) is 47.4 Å². The van der Waals surface area contributed by atoms with Crippen LogP contribution in [0.5, 0.6) is 5.75 Å². The van der Waals surface area contributed by atoms with Crippen LogP contribution in [0, 0.1) is 39.4 Å². The predicted octanol–water partition coefficient (Wildman–Crippen LogP) is 8.71. The highest BCUT2D eigenvalue weighted by atomic mass is 19.4. The van der Waals surface area contributed by atoms with Gasteiger partial charge >= 0.3 is 6.36 Å². The molecule has 57 heavy (non-hydrogen) atoms. The molecule has 0 aromatic heterocycles. The number of alkyl halides is 3. The Balaban J connectivity index is 1.09. The molecule has 7 nitrogen and oxygen atoms in total. The van der Waals surface area contributed by atoms with Gasteiger partial charge in [-0.3, -0.25) is 9.69 Å². The van der Waals surface area contributed by atoms with Crippen molar-refractivity contribution in [1.29, 1.82) is 0 Å². The number of aliphatic hydroxyl groups excluding tert-OH is 2. The summed E-state index contributed by atoms with van der Waals surface area (Å²) in [4.78, 5) is 17.0. The van der Waals surface area contributed by atoms with Crippen molar-refractivity contribution in [2.75, 3.05) is 19.7 Å². The highest BCUT2D eigenvalue weighted by Gasteiger charge is 2.74. The first-order valence-corrected chi connectivity index (χ1v) is 21.3. The molecule has 9 atom stereocenters. The fourth-order valence-electron chi connectivity index (χ4n) is 13.1. The smallest absolute Gasteiger partial charge is 0.406 e. The number of benzene rings is 2. The van der Waals surface area contributed by atoms with E-state index in [9.17, 15) is 33.3 Å². The summed E-state index contributed by atoms with van der Waals surface area (Å²) < 4.78 is 48.9. The summed E-state index contributed by atoms with van der Waals surface area (Å²) in [6, 6.07) is 15.5. The number of fused-ring (bicyclic) bond motifs is 1. The number of ether oxygens (including phenoxy) is 2. The van der Waals surface area contributed by atoms with Crippen LogP contribution in [0.2, 0.25) is 0 Å². The molecule has 2 spiro atoms. The maximum absolute atomic E-state index is 14.9. The Labute approximate surface area is 335 Å². The highest BCUT2D eigenvalue weighted by molar-refractivity contribution is 6.00. The van der Waals surface area contributed by atoms with Crippen molar-refractivity contribution in [3.63, 3.8) is 0 Å². The molecule has 7 aliphatic carbocycles. The van der Waals surface area contributed by atoms with E-state index in [1.807, 2.05) is 35.2 Å². The number of hydrogen-bond donors (Lipinski definition) is 3. The van der Waals surface area contributed by atoms with Crippen LogP contribution < -0.4 is 4.74 Å². The maximum Gasteiger partial charge on any atom is 0.573 e. The van der Waals surface area contributed by atoms with E-state index < -0.39 is 35.0 Å². The van der Waals surface area contributed by atoms with Crippen LogP contribution in [-0.4, -0.2) is 69.9 Å². The number of nitrogens with zero attached hydrogens (tertiary/aromatic N) is 1. The van der Waals surface area contributed by atoms with Crippen LogP contribution in [0.25, 0.3) is 0 Å². The first-order valence-electron chi connectivity index (χ1n) is 21.3. The van der Waals surface area contributed by atoms with Crippen LogP contribution in [0.3, 0.4) is 0 Å². The molecule has 0 saturated heterocycles. The van der Waals surface area contributed by atoms with Gasteiger partial charge in [0.1, 0.15) is 5.75 Å². The monoisotopic (exact) mass is 791 g/mol. The number of ketones is 1. The molecule has 9 unspecified atom stereocenters. The summed E-state index contributed by atoms with van der Waals surface area (Å²) in [7, 11) is 0. The van der Waals surface area contributed by atoms with Crippen molar-refractivity contribution in [1.82, 2.24) is 4.90 Å². The molecule has 2 bridgehead atoms. The lowest BCUT2D eigenvalue weighted by Crippen LogP contribution is -2.67. The minimum atomic E-state index is -4.80. The Kier molecular flexibility index (Phi) is 10.9. The third kappa shape index (κ3) is 7.23. The van der Waals surface area contributed by atoms with Gasteiger partial charge in [0.05, 0.1) is 31.0 Å². The third-order valence-electron chi connectivity index (χ3n) is 15.9. The first kappa shape index (κ1) is 40.7. The number of rotatable bonds is 13. The lowest BCUT2D eigenvalue weighted by atomic mass is 9.32. The summed E-state index contributed by atoms with van der Waals surface area (Å²) in [6.45, 7) is 5.74. The van der Waals surface area contributed by atoms with Gasteiger partial charge in [-0.2, -0.15) is 0 Å². The Bertz CT molecular complexity index is 1830. The van der Waals surface area contributed by atoms with Gasteiger partial charge in [-0.25, -0.2) is 0 Å². The van der Waals surface area contributed by atoms with Crippen molar-refractivity contribution < 1.29 is 42.8 Å². The first-order chi connectivity index (χ1) is 27.1. The average molecular weight is 792 g/mol. The van der Waals surface area contributed by atoms with Crippen LogP contribution in [0.1, 0.15) is 102 Å². The van der Waals surface area contributed by atoms with Crippen LogP contribution in [-0.2, 0) is 22.7 Å². The van der Waals surface area contributed by atoms with E-state index in [1.54, 1.807) is 12.1 Å². The molecule has 0 radical (unpaired) electrons. The molecule has 2 aromatic carbocycles. The SMILES string of the molecule is CC12CCC(O)CC13C=CC1(C(C(=O)C4CCCCC4)=C3)C2CCC2(C)C1CCC2(O)CN(Cc1ccc(OC(F)(F)F)cc1)CC(O)COCc1ccccc1. The lowest BCUT2D eigenvalue weighted by molar-refractivity contribution is -0.274. The van der Waals surface area contributed by atoms with Gasteiger partial charge in [0.15, 0.2) is 5.78 Å². The Morgan fingerprint density at radius 1 is 0.877 bits per heavy atom. The second kappa shape index (κ2) is 15.2. The molecular formula is C47H60F3NO6. The molecule has 9 rings (SSSR count). The second-order valence-electron chi connectivity index (χ2n) is 19.0. The quantitative estimate of drug-likeness (QED) is 0.175. The predicted molar refractivity (Wildman–Crippen MR) is 211 cm³/mol. The molecule has 10 heteroatoms. The normalized spacial score (nSPS) is 36.6. The second-order valence-corrected chi connectivity index (χ2v) is 19.0. The van der Waals surface area contributed by atoms with Crippen LogP contribution in [0.15, 0.2) is 78.4 Å². The zero-order chi connectivity index (χ0) is 40.3. The van der Waals surface area contributed by atoms with Gasteiger partial charge < -0.3 is 24.8 Å². The van der Waals surface area contributed by atoms with E-state index in [0.717, 1.165) is 80.9 Å². The Hall–Kier alpha value is -3.02. The largest absolute Gasteiger partial charge is 0.573 e. The summed E-state index contributed by atoms with van der Waals surface area (Å²) in [5.74, 6) is 0.200. The molecule has 3 N–H and O–H groups in total. The highest BCUT2D eigenvalue weighted by Crippen LogP contribution is 2.78. The number of carbonyl (C=O) groups excluding carboxylic acids is 1. The fourth-order valence-corrected chi connectivity index (χ4v) is 13.1. The van der Waals surface area contributed by atoms with Gasteiger partial charge in [0.2, 0.25) is 0 Å². The number of halogens is 3. The van der Waals surface area contributed by atoms with E-state index in [-0.39, 0.29) is 66.4 Å². The van der Waals surface area contributed by atoms with E-state index in [1.165, 1.54) is 12.1 Å². The van der Waals surface area contributed by atoms with Gasteiger partial charge in [-0.15, -0.1) is 13.2 Å². The number of hydrogen-bond acceptors (Lipinski definition) is 7. The van der Waals surface area contributed by atoms with E-state index in [2.05, 4.69) is 36.8 Å². The van der Waals surface area contributed by atoms with Gasteiger partial charge in [-0.1, -0.05) is 93.8 Å². The average Bonchev–Trinajstić information content (AvgIpc) is 3.45. The minimum absolute atomic E-state index is 0.00513. The summed E-state index contributed by atoms with van der Waals surface area (Å²) in [6.07, 6.45) is 11.3. The maximum atomic E-state index is 14.9. The standard InChI is InChI=1S/C47H60F3NO6/c1-42-20-17-35(52)25-44(42)23-24-46(38(26-44)41(54)34-11-7-4-8-12-34)39(42)18-21-43(2)40(46)19-22-45(43,55)31-51(27-32-13-15-37(16-14-32)57-47(48,49)50)28-36(53)30-56-29-33-9-5-3-6-10-33/h3,5-6,9-10,13-16,23-24,26,34-36,39-40,52-53,55H,4,7-8,11-12,17-22,25,27-31H2,1-2H3. The van der Waals surface area contributed by atoms with Crippen molar-refractivity contribution in [3.8, 4) is 5.75 Å². The molecule has 0 heterocycles. The molecular weight excluding hydrogens is 732 g/mol. The summed E-state index contributed by atoms with van der Waals surface area (Å²) in [5.41, 5.74) is -0.0909. The number of carbonyl (C=O) groups is 1. The summed E-state index contributed by atoms with van der Waals surface area (Å²) in [5, 5.41) is 35.6. The molecule has 7 aliphatic rings. The topological polar surface area (TPSA) is 99.5 Å². The molecule has 4 saturated carbocycles. The Morgan fingerprint density at radius 3 is 2.28 bits per heavy atom. The van der Waals surface area contributed by atoms with Crippen molar-refractivity contribution in [2.45, 2.75) is 128 Å². The number of aliphatic hydroxyl groups is 3. The van der Waals surface area contributed by atoms with Gasteiger partial charge in [0.25, 0.3) is 0 Å². The van der Waals surface area contributed by atoms with Crippen molar-refractivity contribution >= 4 is 5.78 Å². The molecule has 310 valence electrons. The molecule has 0 aliphatic heterocycles. The Morgan fingerprint density at radius 2 is 1.56 bits per heavy atom. The fraction of sp³-hybridized carbons (Fsp3) is 0.638. The van der Waals surface area contributed by atoms with Crippen molar-refractivity contribution in [2.24, 2.45) is 39.4 Å². The number of allylic oxidation sites excluding steroid dienone is 4. The van der Waals surface area contributed by atoms with Crippen LogP contribution >= 0.6 is 0 Å². The third-order valence-corrected chi connectivity index (χ3v) is 15.9.